The SMILES string of the molecule is C=Cc1ccncc1.c1ccccc1. The molecule has 0 spiro atoms. The summed E-state index contributed by atoms with van der Waals surface area (Å²) in [7, 11) is 0. The van der Waals surface area contributed by atoms with Gasteiger partial charge in [-0.25, -0.2) is 0 Å². The van der Waals surface area contributed by atoms with E-state index in [0.29, 0.717) is 0 Å². The van der Waals surface area contributed by atoms with Crippen LogP contribution in [-0.4, -0.2) is 4.98 Å². The van der Waals surface area contributed by atoms with Gasteiger partial charge >= 0.3 is 0 Å². The van der Waals surface area contributed by atoms with E-state index in [-0.39, 0.29) is 0 Å². The molecule has 1 nitrogen and oxygen atoms in total. The van der Waals surface area contributed by atoms with Crippen LogP contribution >= 0.6 is 0 Å². The van der Waals surface area contributed by atoms with E-state index in [0.717, 1.165) is 5.56 Å². The van der Waals surface area contributed by atoms with Crippen LogP contribution in [-0.2, 0) is 0 Å². The van der Waals surface area contributed by atoms with E-state index in [4.69, 9.17) is 0 Å². The third kappa shape index (κ3) is 4.21. The van der Waals surface area contributed by atoms with Gasteiger partial charge < -0.3 is 0 Å². The molecule has 14 heavy (non-hydrogen) atoms. The fourth-order valence-electron chi connectivity index (χ4n) is 0.884. The molecule has 0 radical (unpaired) electrons. The lowest BCUT2D eigenvalue weighted by Crippen LogP contribution is -1.69. The van der Waals surface area contributed by atoms with Crippen molar-refractivity contribution in [3.05, 3.63) is 73.1 Å². The zero-order valence-electron chi connectivity index (χ0n) is 8.01. The van der Waals surface area contributed by atoms with E-state index < -0.39 is 0 Å². The van der Waals surface area contributed by atoms with E-state index in [1.165, 1.54) is 0 Å². The first-order valence-electron chi connectivity index (χ1n) is 4.46. The maximum Gasteiger partial charge on any atom is 0.0273 e. The zero-order chi connectivity index (χ0) is 10.1. The second kappa shape index (κ2) is 6.61. The van der Waals surface area contributed by atoms with Gasteiger partial charge in [0, 0.05) is 12.4 Å². The summed E-state index contributed by atoms with van der Waals surface area (Å²) in [6, 6.07) is 15.8. The van der Waals surface area contributed by atoms with Gasteiger partial charge in [-0.1, -0.05) is 49.1 Å². The van der Waals surface area contributed by atoms with Gasteiger partial charge in [0.25, 0.3) is 0 Å². The highest BCUT2D eigenvalue weighted by Gasteiger charge is 1.76. The molecule has 0 fully saturated rings. The molecule has 70 valence electrons. The van der Waals surface area contributed by atoms with Crippen molar-refractivity contribution < 1.29 is 0 Å². The second-order valence-corrected chi connectivity index (χ2v) is 2.64. The molecular formula is C13H13N. The largest absolute Gasteiger partial charge is 0.265 e. The van der Waals surface area contributed by atoms with Gasteiger partial charge in [0.1, 0.15) is 0 Å². The number of benzene rings is 1. The molecule has 0 saturated carbocycles. The highest BCUT2D eigenvalue weighted by atomic mass is 14.6. The topological polar surface area (TPSA) is 12.9 Å². The lowest BCUT2D eigenvalue weighted by molar-refractivity contribution is 1.32. The van der Waals surface area contributed by atoms with Crippen molar-refractivity contribution in [1.82, 2.24) is 4.98 Å². The molecule has 0 aliphatic heterocycles. The van der Waals surface area contributed by atoms with Gasteiger partial charge in [-0.15, -0.1) is 0 Å². The van der Waals surface area contributed by atoms with Crippen LogP contribution in [0.25, 0.3) is 6.08 Å². The Morgan fingerprint density at radius 2 is 1.29 bits per heavy atom. The smallest absolute Gasteiger partial charge is 0.0273 e. The van der Waals surface area contributed by atoms with Crippen LogP contribution in [0.4, 0.5) is 0 Å². The summed E-state index contributed by atoms with van der Waals surface area (Å²) in [6.07, 6.45) is 5.29. The Morgan fingerprint density at radius 3 is 1.57 bits per heavy atom. The van der Waals surface area contributed by atoms with Crippen molar-refractivity contribution in [2.24, 2.45) is 0 Å². The van der Waals surface area contributed by atoms with Crippen molar-refractivity contribution >= 4 is 6.08 Å². The molecule has 0 amide bonds. The molecule has 0 atom stereocenters. The number of nitrogens with zero attached hydrogens (tertiary/aromatic N) is 1. The Balaban J connectivity index is 0.000000146. The van der Waals surface area contributed by atoms with Gasteiger partial charge in [0.05, 0.1) is 0 Å². The molecule has 0 aliphatic carbocycles. The minimum Gasteiger partial charge on any atom is -0.265 e. The first-order chi connectivity index (χ1) is 6.93. The lowest BCUT2D eigenvalue weighted by Gasteiger charge is -1.84. The van der Waals surface area contributed by atoms with E-state index in [9.17, 15) is 0 Å². The Bertz CT molecular complexity index is 313. The van der Waals surface area contributed by atoms with Gasteiger partial charge in [0.2, 0.25) is 0 Å². The van der Waals surface area contributed by atoms with Crippen molar-refractivity contribution in [3.8, 4) is 0 Å². The Labute approximate surface area is 84.8 Å². The maximum absolute atomic E-state index is 3.85. The van der Waals surface area contributed by atoms with Gasteiger partial charge in [-0.3, -0.25) is 4.98 Å². The maximum atomic E-state index is 3.85. The quantitative estimate of drug-likeness (QED) is 0.660. The number of hydrogen-bond donors (Lipinski definition) is 0. The molecule has 0 bridgehead atoms. The molecule has 1 aromatic heterocycles. The molecule has 0 saturated heterocycles. The van der Waals surface area contributed by atoms with Crippen LogP contribution in [0.15, 0.2) is 67.5 Å². The normalized spacial score (nSPS) is 8.29. The van der Waals surface area contributed by atoms with Crippen LogP contribution in [0.3, 0.4) is 0 Å². The number of aromatic nitrogens is 1. The first-order valence-corrected chi connectivity index (χ1v) is 4.46. The van der Waals surface area contributed by atoms with Gasteiger partial charge in [-0.2, -0.15) is 0 Å². The number of pyridine rings is 1. The van der Waals surface area contributed by atoms with Gasteiger partial charge in [-0.05, 0) is 17.7 Å². The molecular weight excluding hydrogens is 170 g/mol. The van der Waals surface area contributed by atoms with E-state index in [1.807, 2.05) is 48.5 Å². The highest BCUT2D eigenvalue weighted by Crippen LogP contribution is 1.94. The first kappa shape index (κ1) is 10.2. The molecule has 1 heterocycles. The predicted octanol–water partition coefficient (Wildman–Crippen LogP) is 3.41. The van der Waals surface area contributed by atoms with Crippen LogP contribution in [0, 0.1) is 0 Å². The summed E-state index contributed by atoms with van der Waals surface area (Å²) >= 11 is 0. The summed E-state index contributed by atoms with van der Waals surface area (Å²) in [5, 5.41) is 0. The minimum absolute atomic E-state index is 1.11. The van der Waals surface area contributed by atoms with Crippen LogP contribution in [0.1, 0.15) is 5.56 Å². The average Bonchev–Trinajstić information content (AvgIpc) is 2.33. The monoisotopic (exact) mass is 183 g/mol. The number of hydrogen-bond acceptors (Lipinski definition) is 1. The molecule has 0 unspecified atom stereocenters. The van der Waals surface area contributed by atoms with Crippen molar-refractivity contribution in [2.75, 3.05) is 0 Å². The fourth-order valence-corrected chi connectivity index (χ4v) is 0.884. The summed E-state index contributed by atoms with van der Waals surface area (Å²) in [4.78, 5) is 3.85. The molecule has 0 N–H and O–H groups in total. The Morgan fingerprint density at radius 1 is 0.857 bits per heavy atom. The van der Waals surface area contributed by atoms with Crippen LogP contribution in [0.5, 0.6) is 0 Å². The van der Waals surface area contributed by atoms with E-state index in [1.54, 1.807) is 18.5 Å². The average molecular weight is 183 g/mol. The standard InChI is InChI=1S/C7H7N.C6H6/c1-2-7-3-5-8-6-4-7;1-2-4-6-5-3-1/h2-6H,1H2;1-6H. The van der Waals surface area contributed by atoms with Gasteiger partial charge in [0.15, 0.2) is 0 Å². The van der Waals surface area contributed by atoms with E-state index >= 15 is 0 Å². The third-order valence-corrected chi connectivity index (χ3v) is 1.61. The summed E-state index contributed by atoms with van der Waals surface area (Å²) < 4.78 is 0. The predicted molar refractivity (Wildman–Crippen MR) is 60.8 cm³/mol. The minimum atomic E-state index is 1.11. The Hall–Kier alpha value is -1.89. The second-order valence-electron chi connectivity index (χ2n) is 2.64. The van der Waals surface area contributed by atoms with Crippen LogP contribution in [0.2, 0.25) is 0 Å². The summed E-state index contributed by atoms with van der Waals surface area (Å²) in [5.41, 5.74) is 1.11. The highest BCUT2D eigenvalue weighted by molar-refractivity contribution is 5.44. The molecule has 0 aliphatic rings. The third-order valence-electron chi connectivity index (χ3n) is 1.61. The molecule has 2 aromatic rings. The fraction of sp³-hybridized carbons (Fsp3) is 0. The van der Waals surface area contributed by atoms with Crippen molar-refractivity contribution in [1.29, 1.82) is 0 Å². The van der Waals surface area contributed by atoms with Crippen molar-refractivity contribution in [3.63, 3.8) is 0 Å². The van der Waals surface area contributed by atoms with Crippen LogP contribution < -0.4 is 0 Å². The lowest BCUT2D eigenvalue weighted by atomic mass is 10.3. The molecule has 1 aromatic carbocycles. The molecule has 1 heteroatoms. The Kier molecular flexibility index (Phi) is 4.81. The van der Waals surface area contributed by atoms with Crippen molar-refractivity contribution in [2.45, 2.75) is 0 Å². The zero-order valence-corrected chi connectivity index (χ0v) is 8.01. The molecule has 2 rings (SSSR count). The summed E-state index contributed by atoms with van der Waals surface area (Å²) in [6.45, 7) is 3.60. The van der Waals surface area contributed by atoms with E-state index in [2.05, 4.69) is 11.6 Å². The number of rotatable bonds is 1. The summed E-state index contributed by atoms with van der Waals surface area (Å²) in [5.74, 6) is 0.